The summed E-state index contributed by atoms with van der Waals surface area (Å²) < 4.78 is 1.92. The first-order chi connectivity index (χ1) is 9.13. The minimum Gasteiger partial charge on any atom is -0.322 e. The van der Waals surface area contributed by atoms with Gasteiger partial charge in [0.1, 0.15) is 10.7 Å². The van der Waals surface area contributed by atoms with Gasteiger partial charge in [0, 0.05) is 23.2 Å². The number of carbonyl (C=O) groups excluding carboxylic acids is 1. The van der Waals surface area contributed by atoms with Crippen molar-refractivity contribution >= 4 is 33.4 Å². The standard InChI is InChI=1S/C12H12N4OS2/c1-7(13)11-15-9(6-19-11)10(17)4-8-5-16-2-3-18-12(16)14-8/h2-3,5-7H,4,13H2,1H3. The van der Waals surface area contributed by atoms with Gasteiger partial charge in [0.2, 0.25) is 0 Å². The molecule has 3 heterocycles. The van der Waals surface area contributed by atoms with E-state index in [4.69, 9.17) is 5.73 Å². The molecule has 3 rings (SSSR count). The SMILES string of the molecule is CC(N)c1nc(C(=O)Cc2cn3ccsc3n2)cs1. The van der Waals surface area contributed by atoms with Crippen LogP contribution < -0.4 is 5.73 Å². The molecular formula is C12H12N4OS2. The van der Waals surface area contributed by atoms with E-state index < -0.39 is 0 Å². The van der Waals surface area contributed by atoms with Crippen LogP contribution in [0.15, 0.2) is 23.2 Å². The summed E-state index contributed by atoms with van der Waals surface area (Å²) in [5.41, 5.74) is 6.99. The molecule has 0 saturated heterocycles. The molecule has 0 radical (unpaired) electrons. The third-order valence-electron chi connectivity index (χ3n) is 2.68. The molecule has 3 aromatic heterocycles. The summed E-state index contributed by atoms with van der Waals surface area (Å²) in [6, 6.07) is -0.135. The molecule has 0 amide bonds. The van der Waals surface area contributed by atoms with E-state index >= 15 is 0 Å². The van der Waals surface area contributed by atoms with Crippen molar-refractivity contribution in [2.45, 2.75) is 19.4 Å². The molecule has 5 nitrogen and oxygen atoms in total. The first kappa shape index (κ1) is 12.5. The molecule has 3 aromatic rings. The van der Waals surface area contributed by atoms with Crippen molar-refractivity contribution in [3.05, 3.63) is 39.5 Å². The predicted molar refractivity (Wildman–Crippen MR) is 75.8 cm³/mol. The number of hydrogen-bond donors (Lipinski definition) is 1. The Kier molecular flexibility index (Phi) is 3.17. The quantitative estimate of drug-likeness (QED) is 0.749. The van der Waals surface area contributed by atoms with Crippen LogP contribution in [0.1, 0.15) is 34.2 Å². The van der Waals surface area contributed by atoms with Crippen LogP contribution in [0.3, 0.4) is 0 Å². The normalized spacial score (nSPS) is 12.9. The van der Waals surface area contributed by atoms with Crippen LogP contribution in [0.2, 0.25) is 0 Å². The highest BCUT2D eigenvalue weighted by Gasteiger charge is 2.15. The lowest BCUT2D eigenvalue weighted by Gasteiger charge is -1.97. The lowest BCUT2D eigenvalue weighted by molar-refractivity contribution is 0.0988. The Balaban J connectivity index is 1.78. The summed E-state index contributed by atoms with van der Waals surface area (Å²) >= 11 is 2.97. The number of nitrogens with zero attached hydrogens (tertiary/aromatic N) is 3. The van der Waals surface area contributed by atoms with Crippen LogP contribution in [0.25, 0.3) is 4.96 Å². The zero-order valence-electron chi connectivity index (χ0n) is 10.2. The maximum atomic E-state index is 12.1. The summed E-state index contributed by atoms with van der Waals surface area (Å²) in [6.07, 6.45) is 4.08. The smallest absolute Gasteiger partial charge is 0.193 e. The van der Waals surface area contributed by atoms with Crippen molar-refractivity contribution in [1.29, 1.82) is 0 Å². The molecule has 0 fully saturated rings. The topological polar surface area (TPSA) is 73.3 Å². The van der Waals surface area contributed by atoms with Crippen LogP contribution in [0.4, 0.5) is 0 Å². The van der Waals surface area contributed by atoms with Gasteiger partial charge in [-0.1, -0.05) is 0 Å². The zero-order chi connectivity index (χ0) is 13.4. The van der Waals surface area contributed by atoms with Gasteiger partial charge in [-0.25, -0.2) is 9.97 Å². The predicted octanol–water partition coefficient (Wildman–Crippen LogP) is 2.30. The fourth-order valence-electron chi connectivity index (χ4n) is 1.74. The maximum absolute atomic E-state index is 12.1. The highest BCUT2D eigenvalue weighted by Crippen LogP contribution is 2.18. The molecular weight excluding hydrogens is 280 g/mol. The number of carbonyl (C=O) groups is 1. The molecule has 0 aliphatic carbocycles. The number of hydrogen-bond acceptors (Lipinski definition) is 6. The van der Waals surface area contributed by atoms with E-state index in [2.05, 4.69) is 9.97 Å². The third kappa shape index (κ3) is 2.44. The second kappa shape index (κ2) is 4.84. The van der Waals surface area contributed by atoms with Gasteiger partial charge in [0.15, 0.2) is 10.7 Å². The first-order valence-corrected chi connectivity index (χ1v) is 7.54. The Bertz CT molecular complexity index is 696. The van der Waals surface area contributed by atoms with E-state index in [9.17, 15) is 4.79 Å². The van der Waals surface area contributed by atoms with E-state index in [0.29, 0.717) is 5.69 Å². The van der Waals surface area contributed by atoms with Gasteiger partial charge < -0.3 is 5.73 Å². The number of aromatic nitrogens is 3. The highest BCUT2D eigenvalue weighted by molar-refractivity contribution is 7.15. The van der Waals surface area contributed by atoms with Crippen LogP contribution in [0, 0.1) is 0 Å². The molecule has 1 atom stereocenters. The molecule has 98 valence electrons. The van der Waals surface area contributed by atoms with Crippen molar-refractivity contribution in [2.75, 3.05) is 0 Å². The number of Topliss-reactive ketones (excluding diaryl/α,β-unsaturated/α-hetero) is 1. The summed E-state index contributed by atoms with van der Waals surface area (Å²) in [6.45, 7) is 1.86. The van der Waals surface area contributed by atoms with Crippen molar-refractivity contribution in [1.82, 2.24) is 14.4 Å². The van der Waals surface area contributed by atoms with Gasteiger partial charge in [-0.3, -0.25) is 9.20 Å². The number of imidazole rings is 1. The Morgan fingerprint density at radius 2 is 2.32 bits per heavy atom. The lowest BCUT2D eigenvalue weighted by atomic mass is 10.2. The molecule has 0 bridgehead atoms. The van der Waals surface area contributed by atoms with Gasteiger partial charge in [0.05, 0.1) is 18.2 Å². The zero-order valence-corrected chi connectivity index (χ0v) is 11.9. The van der Waals surface area contributed by atoms with Gasteiger partial charge in [-0.05, 0) is 6.92 Å². The largest absolute Gasteiger partial charge is 0.322 e. The molecule has 2 N–H and O–H groups in total. The Morgan fingerprint density at radius 3 is 3.00 bits per heavy atom. The average Bonchev–Trinajstić information content (AvgIpc) is 3.02. The number of nitrogens with two attached hydrogens (primary N) is 1. The Labute approximate surface area is 117 Å². The fourth-order valence-corrected chi connectivity index (χ4v) is 3.24. The average molecular weight is 292 g/mol. The highest BCUT2D eigenvalue weighted by atomic mass is 32.1. The molecule has 0 aromatic carbocycles. The van der Waals surface area contributed by atoms with Crippen molar-refractivity contribution in [2.24, 2.45) is 5.73 Å². The number of ketones is 1. The molecule has 0 aliphatic heterocycles. The van der Waals surface area contributed by atoms with E-state index in [1.165, 1.54) is 11.3 Å². The fraction of sp³-hybridized carbons (Fsp3) is 0.250. The van der Waals surface area contributed by atoms with Crippen LogP contribution in [-0.4, -0.2) is 20.2 Å². The first-order valence-electron chi connectivity index (χ1n) is 5.79. The van der Waals surface area contributed by atoms with Crippen molar-refractivity contribution in [3.63, 3.8) is 0 Å². The van der Waals surface area contributed by atoms with Crippen LogP contribution in [0.5, 0.6) is 0 Å². The van der Waals surface area contributed by atoms with E-state index in [0.717, 1.165) is 15.7 Å². The van der Waals surface area contributed by atoms with E-state index in [1.54, 1.807) is 16.7 Å². The molecule has 0 aliphatic rings. The number of fused-ring (bicyclic) bond motifs is 1. The molecule has 0 saturated carbocycles. The molecule has 0 spiro atoms. The van der Waals surface area contributed by atoms with Gasteiger partial charge in [0.25, 0.3) is 0 Å². The van der Waals surface area contributed by atoms with Gasteiger partial charge >= 0.3 is 0 Å². The summed E-state index contributed by atoms with van der Waals surface area (Å²) in [7, 11) is 0. The van der Waals surface area contributed by atoms with Gasteiger partial charge in [-0.2, -0.15) is 0 Å². The molecule has 1 unspecified atom stereocenters. The minimum atomic E-state index is -0.135. The summed E-state index contributed by atoms with van der Waals surface area (Å²) in [5.74, 6) is -0.0195. The maximum Gasteiger partial charge on any atom is 0.193 e. The number of thiazole rings is 2. The van der Waals surface area contributed by atoms with Gasteiger partial charge in [-0.15, -0.1) is 22.7 Å². The monoisotopic (exact) mass is 292 g/mol. The number of rotatable bonds is 4. The second-order valence-electron chi connectivity index (χ2n) is 4.28. The summed E-state index contributed by atoms with van der Waals surface area (Å²) in [5, 5.41) is 4.51. The molecule has 7 heteroatoms. The van der Waals surface area contributed by atoms with Crippen molar-refractivity contribution in [3.8, 4) is 0 Å². The molecule has 19 heavy (non-hydrogen) atoms. The summed E-state index contributed by atoms with van der Waals surface area (Å²) in [4.78, 5) is 21.7. The van der Waals surface area contributed by atoms with E-state index in [1.807, 2.05) is 29.1 Å². The van der Waals surface area contributed by atoms with E-state index in [-0.39, 0.29) is 18.2 Å². The second-order valence-corrected chi connectivity index (χ2v) is 6.05. The lowest BCUT2D eigenvalue weighted by Crippen LogP contribution is -2.07. The minimum absolute atomic E-state index is 0.0195. The Hall–Kier alpha value is -1.57. The third-order valence-corrected chi connectivity index (χ3v) is 4.50. The van der Waals surface area contributed by atoms with Crippen LogP contribution >= 0.6 is 22.7 Å². The van der Waals surface area contributed by atoms with Crippen molar-refractivity contribution < 1.29 is 4.79 Å². The Morgan fingerprint density at radius 1 is 1.47 bits per heavy atom. The van der Waals surface area contributed by atoms with Crippen LogP contribution in [-0.2, 0) is 6.42 Å².